The molecule has 0 amide bonds. The molecule has 2 aromatic rings. The Morgan fingerprint density at radius 1 is 0.842 bits per heavy atom. The molecule has 2 rings (SSSR count). The van der Waals surface area contributed by atoms with Crippen LogP contribution in [0, 0.1) is 11.6 Å². The smallest absolute Gasteiger partial charge is 0.127 e. The molecule has 0 aromatic heterocycles. The van der Waals surface area contributed by atoms with Crippen LogP contribution < -0.4 is 0 Å². The van der Waals surface area contributed by atoms with E-state index in [0.717, 1.165) is 6.42 Å². The van der Waals surface area contributed by atoms with Crippen molar-refractivity contribution in [2.45, 2.75) is 25.1 Å². The summed E-state index contributed by atoms with van der Waals surface area (Å²) in [5.41, 5.74) is 1.06. The van der Waals surface area contributed by atoms with Crippen LogP contribution in [-0.4, -0.2) is 7.85 Å². The maximum atomic E-state index is 13.9. The van der Waals surface area contributed by atoms with E-state index < -0.39 is 0 Å². The third-order valence-electron chi connectivity index (χ3n) is 3.26. The zero-order chi connectivity index (χ0) is 13.7. The average molecular weight is 256 g/mol. The molecule has 0 aliphatic carbocycles. The summed E-state index contributed by atoms with van der Waals surface area (Å²) in [5, 5.41) is 0. The Balaban J connectivity index is 2.42. The molecule has 2 aromatic carbocycles. The topological polar surface area (TPSA) is 0 Å². The van der Waals surface area contributed by atoms with Crippen LogP contribution >= 0.6 is 0 Å². The third kappa shape index (κ3) is 3.22. The van der Waals surface area contributed by atoms with Crippen LogP contribution in [0.15, 0.2) is 48.5 Å². The van der Waals surface area contributed by atoms with Crippen molar-refractivity contribution in [3.05, 3.63) is 71.3 Å². The molecule has 0 aliphatic rings. The highest BCUT2D eigenvalue weighted by Gasteiger charge is 2.19. The fraction of sp³-hybridized carbons (Fsp3) is 0.250. The number of hydrogen-bond donors (Lipinski definition) is 0. The Morgan fingerprint density at radius 3 is 1.74 bits per heavy atom. The van der Waals surface area contributed by atoms with Gasteiger partial charge in [0.15, 0.2) is 0 Å². The van der Waals surface area contributed by atoms with Gasteiger partial charge >= 0.3 is 0 Å². The van der Waals surface area contributed by atoms with Crippen LogP contribution in [0.2, 0.25) is 6.32 Å². The standard InChI is InChI=1S/C16H15BF2/c17-11-5-8-12(13-6-1-3-9-15(13)18)14-7-2-4-10-16(14)19/h1-4,6-7,9-10,12H,5,8,11H2. The van der Waals surface area contributed by atoms with Crippen molar-refractivity contribution in [3.8, 4) is 0 Å². The number of rotatable bonds is 5. The van der Waals surface area contributed by atoms with E-state index in [9.17, 15) is 8.78 Å². The van der Waals surface area contributed by atoms with E-state index in [1.165, 1.54) is 12.1 Å². The highest BCUT2D eigenvalue weighted by atomic mass is 19.1. The van der Waals surface area contributed by atoms with Gasteiger partial charge in [0.2, 0.25) is 0 Å². The Hall–Kier alpha value is -1.64. The second-order valence-corrected chi connectivity index (χ2v) is 4.53. The Kier molecular flexibility index (Phi) is 4.72. The van der Waals surface area contributed by atoms with Gasteiger partial charge < -0.3 is 0 Å². The van der Waals surface area contributed by atoms with Crippen LogP contribution in [0.5, 0.6) is 0 Å². The highest BCUT2D eigenvalue weighted by Crippen LogP contribution is 2.32. The Morgan fingerprint density at radius 2 is 1.32 bits per heavy atom. The van der Waals surface area contributed by atoms with Gasteiger partial charge in [0, 0.05) is 5.92 Å². The van der Waals surface area contributed by atoms with Gasteiger partial charge in [0.1, 0.15) is 11.6 Å². The number of halogens is 2. The van der Waals surface area contributed by atoms with Crippen molar-refractivity contribution in [2.75, 3.05) is 0 Å². The van der Waals surface area contributed by atoms with E-state index in [-0.39, 0.29) is 17.6 Å². The second kappa shape index (κ2) is 6.51. The SMILES string of the molecule is [B]CCCC(c1ccccc1F)c1ccccc1F. The van der Waals surface area contributed by atoms with Gasteiger partial charge in [-0.3, -0.25) is 0 Å². The van der Waals surface area contributed by atoms with E-state index in [2.05, 4.69) is 0 Å². The summed E-state index contributed by atoms with van der Waals surface area (Å²) in [6.07, 6.45) is 1.88. The molecule has 0 saturated carbocycles. The van der Waals surface area contributed by atoms with Crippen molar-refractivity contribution in [3.63, 3.8) is 0 Å². The minimum atomic E-state index is -0.298. The molecule has 0 spiro atoms. The first-order chi connectivity index (χ1) is 9.24. The van der Waals surface area contributed by atoms with Gasteiger partial charge in [-0.1, -0.05) is 49.1 Å². The molecular formula is C16H15BF2. The molecule has 0 heterocycles. The molecule has 0 bridgehead atoms. The molecule has 2 radical (unpaired) electrons. The third-order valence-corrected chi connectivity index (χ3v) is 3.26. The average Bonchev–Trinajstić information content (AvgIpc) is 2.42. The maximum Gasteiger partial charge on any atom is 0.127 e. The van der Waals surface area contributed by atoms with Crippen LogP contribution in [0.25, 0.3) is 0 Å². The monoisotopic (exact) mass is 256 g/mol. The summed E-state index contributed by atoms with van der Waals surface area (Å²) in [5.74, 6) is -0.883. The van der Waals surface area contributed by atoms with E-state index in [0.29, 0.717) is 23.9 Å². The molecule has 0 aliphatic heterocycles. The molecule has 96 valence electrons. The lowest BCUT2D eigenvalue weighted by atomic mass is 9.84. The molecule has 19 heavy (non-hydrogen) atoms. The minimum Gasteiger partial charge on any atom is -0.207 e. The van der Waals surface area contributed by atoms with Crippen molar-refractivity contribution >= 4 is 7.85 Å². The Labute approximate surface area is 113 Å². The molecule has 0 unspecified atom stereocenters. The van der Waals surface area contributed by atoms with Crippen molar-refractivity contribution in [1.29, 1.82) is 0 Å². The fourth-order valence-electron chi connectivity index (χ4n) is 2.32. The maximum absolute atomic E-state index is 13.9. The van der Waals surface area contributed by atoms with Gasteiger partial charge in [-0.05, 0) is 29.7 Å². The zero-order valence-electron chi connectivity index (χ0n) is 10.7. The molecule has 0 N–H and O–H groups in total. The van der Waals surface area contributed by atoms with Gasteiger partial charge in [-0.2, -0.15) is 0 Å². The summed E-state index contributed by atoms with van der Waals surface area (Å²) in [4.78, 5) is 0. The van der Waals surface area contributed by atoms with E-state index in [1.54, 1.807) is 36.4 Å². The number of benzene rings is 2. The fourth-order valence-corrected chi connectivity index (χ4v) is 2.32. The van der Waals surface area contributed by atoms with E-state index in [1.807, 2.05) is 0 Å². The van der Waals surface area contributed by atoms with Crippen molar-refractivity contribution in [1.82, 2.24) is 0 Å². The quantitative estimate of drug-likeness (QED) is 0.692. The van der Waals surface area contributed by atoms with Crippen LogP contribution in [-0.2, 0) is 0 Å². The summed E-state index contributed by atoms with van der Waals surface area (Å²) in [6, 6.07) is 13.1. The summed E-state index contributed by atoms with van der Waals surface area (Å²) < 4.78 is 27.9. The van der Waals surface area contributed by atoms with Crippen LogP contribution in [0.4, 0.5) is 8.78 Å². The van der Waals surface area contributed by atoms with Crippen molar-refractivity contribution in [2.24, 2.45) is 0 Å². The Bertz CT molecular complexity index is 494. The van der Waals surface area contributed by atoms with Crippen LogP contribution in [0.3, 0.4) is 0 Å². The summed E-state index contributed by atoms with van der Waals surface area (Å²) in [7, 11) is 5.52. The predicted octanol–water partition coefficient (Wildman–Crippen LogP) is 4.46. The first-order valence-electron chi connectivity index (χ1n) is 6.43. The second-order valence-electron chi connectivity index (χ2n) is 4.53. The molecule has 0 fully saturated rings. The number of hydrogen-bond acceptors (Lipinski definition) is 0. The van der Waals surface area contributed by atoms with Gasteiger partial charge in [0.25, 0.3) is 0 Å². The van der Waals surface area contributed by atoms with E-state index >= 15 is 0 Å². The van der Waals surface area contributed by atoms with Crippen molar-refractivity contribution < 1.29 is 8.78 Å². The zero-order valence-corrected chi connectivity index (χ0v) is 10.7. The lowest BCUT2D eigenvalue weighted by molar-refractivity contribution is 0.555. The summed E-state index contributed by atoms with van der Waals surface area (Å²) >= 11 is 0. The minimum absolute atomic E-state index is 0.286. The van der Waals surface area contributed by atoms with E-state index in [4.69, 9.17) is 7.85 Å². The lowest BCUT2D eigenvalue weighted by Gasteiger charge is -2.19. The molecule has 3 heteroatoms. The highest BCUT2D eigenvalue weighted by molar-refractivity contribution is 6.08. The largest absolute Gasteiger partial charge is 0.207 e. The lowest BCUT2D eigenvalue weighted by Crippen LogP contribution is -2.06. The van der Waals surface area contributed by atoms with Crippen LogP contribution in [0.1, 0.15) is 29.9 Å². The predicted molar refractivity (Wildman–Crippen MR) is 74.4 cm³/mol. The first kappa shape index (κ1) is 13.8. The molecule has 0 nitrogen and oxygen atoms in total. The van der Waals surface area contributed by atoms with Gasteiger partial charge in [0.05, 0.1) is 7.85 Å². The molecule has 0 saturated heterocycles. The molecule has 0 atom stereocenters. The molecular weight excluding hydrogens is 241 g/mol. The first-order valence-corrected chi connectivity index (χ1v) is 6.43. The summed E-state index contributed by atoms with van der Waals surface area (Å²) in [6.45, 7) is 0. The van der Waals surface area contributed by atoms with Gasteiger partial charge in [-0.25, -0.2) is 8.78 Å². The normalized spacial score (nSPS) is 10.9. The van der Waals surface area contributed by atoms with Gasteiger partial charge in [-0.15, -0.1) is 0 Å².